The average Bonchev–Trinajstić information content (AvgIpc) is 3.05. The van der Waals surface area contributed by atoms with Crippen LogP contribution < -0.4 is 5.32 Å². The molecule has 0 heterocycles. The Kier molecular flexibility index (Phi) is 6.22. The van der Waals surface area contributed by atoms with Gasteiger partial charge >= 0.3 is 12.1 Å². The van der Waals surface area contributed by atoms with E-state index in [0.717, 1.165) is 43.9 Å². The van der Waals surface area contributed by atoms with Gasteiger partial charge in [-0.15, -0.1) is 0 Å². The third kappa shape index (κ3) is 5.92. The Morgan fingerprint density at radius 1 is 1.20 bits per heavy atom. The minimum Gasteiger partial charge on any atom is -0.449 e. The Bertz CT molecular complexity index is 632. The predicted molar refractivity (Wildman–Crippen MR) is 86.4 cm³/mol. The van der Waals surface area contributed by atoms with Gasteiger partial charge in [-0.05, 0) is 43.5 Å². The molecule has 1 fully saturated rings. The van der Waals surface area contributed by atoms with Crippen molar-refractivity contribution in [1.82, 2.24) is 5.32 Å². The second kappa shape index (κ2) is 8.18. The molecule has 4 nitrogen and oxygen atoms in total. The molecule has 136 valence electrons. The van der Waals surface area contributed by atoms with Crippen molar-refractivity contribution in [3.63, 3.8) is 0 Å². The number of amides is 1. The average molecular weight is 355 g/mol. The molecule has 0 radical (unpaired) electrons. The zero-order valence-electron chi connectivity index (χ0n) is 13.8. The molecular formula is C18H20F3NO3. The van der Waals surface area contributed by atoms with Crippen LogP contribution in [0.25, 0.3) is 6.08 Å². The molecule has 2 rings (SSSR count). The van der Waals surface area contributed by atoms with E-state index < -0.39 is 23.8 Å². The van der Waals surface area contributed by atoms with E-state index in [1.54, 1.807) is 0 Å². The van der Waals surface area contributed by atoms with Gasteiger partial charge in [-0.3, -0.25) is 4.79 Å². The molecule has 0 saturated heterocycles. The lowest BCUT2D eigenvalue weighted by molar-refractivity contribution is -0.150. The first-order valence-electron chi connectivity index (χ1n) is 8.12. The highest BCUT2D eigenvalue weighted by Gasteiger charge is 2.29. The van der Waals surface area contributed by atoms with E-state index in [9.17, 15) is 22.8 Å². The molecule has 1 aromatic rings. The quantitative estimate of drug-likeness (QED) is 0.647. The summed E-state index contributed by atoms with van der Waals surface area (Å²) in [7, 11) is 0. The number of esters is 1. The Morgan fingerprint density at radius 2 is 1.80 bits per heavy atom. The topological polar surface area (TPSA) is 55.4 Å². The molecule has 1 amide bonds. The molecule has 1 aromatic carbocycles. The van der Waals surface area contributed by atoms with Crippen LogP contribution >= 0.6 is 0 Å². The van der Waals surface area contributed by atoms with Crippen LogP contribution in [0.2, 0.25) is 0 Å². The molecular weight excluding hydrogens is 335 g/mol. The summed E-state index contributed by atoms with van der Waals surface area (Å²) < 4.78 is 42.4. The molecule has 0 bridgehead atoms. The van der Waals surface area contributed by atoms with Gasteiger partial charge in [0.05, 0.1) is 5.56 Å². The number of rotatable bonds is 5. The number of hydrogen-bond donors (Lipinski definition) is 1. The van der Waals surface area contributed by atoms with Gasteiger partial charge in [-0.2, -0.15) is 13.2 Å². The molecule has 0 aliphatic heterocycles. The summed E-state index contributed by atoms with van der Waals surface area (Å²) in [5, 5.41) is 2.83. The van der Waals surface area contributed by atoms with Crippen LogP contribution in [0.15, 0.2) is 30.3 Å². The lowest BCUT2D eigenvalue weighted by atomic mass is 10.1. The Balaban J connectivity index is 1.84. The summed E-state index contributed by atoms with van der Waals surface area (Å²) in [6.07, 6.45) is 1.12. The number of ether oxygens (including phenoxy) is 1. The summed E-state index contributed by atoms with van der Waals surface area (Å²) in [6.45, 7) is 1.48. The summed E-state index contributed by atoms with van der Waals surface area (Å²) in [4.78, 5) is 23.6. The first-order valence-corrected chi connectivity index (χ1v) is 8.12. The molecule has 0 unspecified atom stereocenters. The second-order valence-corrected chi connectivity index (χ2v) is 6.02. The lowest BCUT2D eigenvalue weighted by Crippen LogP contribution is -2.40. The first kappa shape index (κ1) is 19.0. The van der Waals surface area contributed by atoms with Gasteiger partial charge in [0, 0.05) is 12.1 Å². The van der Waals surface area contributed by atoms with Crippen LogP contribution in [0.4, 0.5) is 13.2 Å². The van der Waals surface area contributed by atoms with Crippen molar-refractivity contribution in [3.8, 4) is 0 Å². The third-order valence-electron chi connectivity index (χ3n) is 4.01. The van der Waals surface area contributed by atoms with Crippen LogP contribution in [-0.2, 0) is 20.5 Å². The van der Waals surface area contributed by atoms with Crippen molar-refractivity contribution in [2.24, 2.45) is 0 Å². The number of alkyl halides is 3. The van der Waals surface area contributed by atoms with Gasteiger partial charge in [-0.25, -0.2) is 4.79 Å². The molecule has 1 N–H and O–H groups in total. The molecule has 25 heavy (non-hydrogen) atoms. The number of carbonyl (C=O) groups excluding carboxylic acids is 2. The van der Waals surface area contributed by atoms with E-state index in [1.807, 2.05) is 0 Å². The summed E-state index contributed by atoms with van der Waals surface area (Å²) in [6, 6.07) is 4.51. The van der Waals surface area contributed by atoms with Gasteiger partial charge in [0.2, 0.25) is 0 Å². The lowest BCUT2D eigenvalue weighted by Gasteiger charge is -2.16. The molecule has 1 aliphatic rings. The largest absolute Gasteiger partial charge is 0.449 e. The van der Waals surface area contributed by atoms with Crippen LogP contribution in [0.3, 0.4) is 0 Å². The van der Waals surface area contributed by atoms with E-state index in [-0.39, 0.29) is 11.9 Å². The van der Waals surface area contributed by atoms with Crippen molar-refractivity contribution in [1.29, 1.82) is 0 Å². The number of hydrogen-bond acceptors (Lipinski definition) is 3. The number of nitrogens with one attached hydrogen (secondary N) is 1. The van der Waals surface area contributed by atoms with Crippen molar-refractivity contribution in [2.75, 3.05) is 0 Å². The minimum absolute atomic E-state index is 0.136. The van der Waals surface area contributed by atoms with Crippen molar-refractivity contribution in [2.45, 2.75) is 50.9 Å². The van der Waals surface area contributed by atoms with E-state index >= 15 is 0 Å². The summed E-state index contributed by atoms with van der Waals surface area (Å²) in [5.74, 6) is -1.07. The van der Waals surface area contributed by atoms with Gasteiger partial charge in [0.25, 0.3) is 5.91 Å². The summed E-state index contributed by atoms with van der Waals surface area (Å²) >= 11 is 0. The fraction of sp³-hybridized carbons (Fsp3) is 0.444. The highest BCUT2D eigenvalue weighted by atomic mass is 19.4. The fourth-order valence-corrected chi connectivity index (χ4v) is 2.60. The summed E-state index contributed by atoms with van der Waals surface area (Å²) in [5.41, 5.74) is -0.336. The first-order chi connectivity index (χ1) is 11.8. The van der Waals surface area contributed by atoms with E-state index in [0.29, 0.717) is 5.56 Å². The molecule has 7 heteroatoms. The zero-order chi connectivity index (χ0) is 18.4. The molecule has 0 spiro atoms. The SMILES string of the molecule is C[C@@H](OC(=O)/C=C/c1ccc(C(F)(F)F)cc1)C(=O)NC1CCCC1. The van der Waals surface area contributed by atoms with Gasteiger partial charge in [0.15, 0.2) is 6.10 Å². The third-order valence-corrected chi connectivity index (χ3v) is 4.01. The van der Waals surface area contributed by atoms with Crippen LogP contribution in [0, 0.1) is 0 Å². The zero-order valence-corrected chi connectivity index (χ0v) is 13.8. The number of halogens is 3. The fourth-order valence-electron chi connectivity index (χ4n) is 2.60. The Hall–Kier alpha value is -2.31. The molecule has 1 saturated carbocycles. The van der Waals surface area contributed by atoms with Gasteiger partial charge < -0.3 is 10.1 Å². The van der Waals surface area contributed by atoms with E-state index in [1.165, 1.54) is 25.1 Å². The van der Waals surface area contributed by atoms with Gasteiger partial charge in [0.1, 0.15) is 0 Å². The van der Waals surface area contributed by atoms with Crippen LogP contribution in [0.1, 0.15) is 43.7 Å². The van der Waals surface area contributed by atoms with Crippen molar-refractivity contribution < 1.29 is 27.5 Å². The number of benzene rings is 1. The predicted octanol–water partition coefficient (Wildman–Crippen LogP) is 3.71. The van der Waals surface area contributed by atoms with Crippen LogP contribution in [-0.4, -0.2) is 24.0 Å². The molecule has 0 aromatic heterocycles. The number of carbonyl (C=O) groups is 2. The molecule has 1 aliphatic carbocycles. The smallest absolute Gasteiger partial charge is 0.416 e. The van der Waals surface area contributed by atoms with Gasteiger partial charge in [-0.1, -0.05) is 25.0 Å². The van der Waals surface area contributed by atoms with E-state index in [2.05, 4.69) is 5.32 Å². The highest BCUT2D eigenvalue weighted by Crippen LogP contribution is 2.29. The Labute approximate surface area is 144 Å². The normalized spacial score (nSPS) is 16.8. The maximum atomic E-state index is 12.5. The monoisotopic (exact) mass is 355 g/mol. The molecule has 1 atom stereocenters. The Morgan fingerprint density at radius 3 is 2.36 bits per heavy atom. The maximum absolute atomic E-state index is 12.5. The highest BCUT2D eigenvalue weighted by molar-refractivity contribution is 5.90. The standard InChI is InChI=1S/C18H20F3NO3/c1-12(17(24)22-15-4-2-3-5-15)25-16(23)11-8-13-6-9-14(10-7-13)18(19,20)21/h6-12,15H,2-5H2,1H3,(H,22,24)/b11-8+/t12-/m1/s1. The maximum Gasteiger partial charge on any atom is 0.416 e. The second-order valence-electron chi connectivity index (χ2n) is 6.02. The van der Waals surface area contributed by atoms with Crippen molar-refractivity contribution in [3.05, 3.63) is 41.5 Å². The van der Waals surface area contributed by atoms with Crippen molar-refractivity contribution >= 4 is 18.0 Å². The minimum atomic E-state index is -4.40. The van der Waals surface area contributed by atoms with Crippen LogP contribution in [0.5, 0.6) is 0 Å². The van der Waals surface area contributed by atoms with E-state index in [4.69, 9.17) is 4.74 Å².